The van der Waals surface area contributed by atoms with Gasteiger partial charge in [0.05, 0.1) is 22.9 Å². The van der Waals surface area contributed by atoms with E-state index in [0.717, 1.165) is 27.0 Å². The van der Waals surface area contributed by atoms with Gasteiger partial charge in [0.25, 0.3) is 0 Å². The highest BCUT2D eigenvalue weighted by atomic mass is 35.5. The maximum Gasteiger partial charge on any atom is 0.127 e. The Bertz CT molecular complexity index is 616. The van der Waals surface area contributed by atoms with Gasteiger partial charge in [0.15, 0.2) is 0 Å². The minimum absolute atomic E-state index is 0.105. The van der Waals surface area contributed by atoms with Crippen molar-refractivity contribution in [2.75, 3.05) is 14.2 Å². The summed E-state index contributed by atoms with van der Waals surface area (Å²) in [5, 5.41) is 3.42. The summed E-state index contributed by atoms with van der Waals surface area (Å²) in [5.41, 5.74) is 2.07. The molecule has 2 rings (SSSR count). The molecule has 0 radical (unpaired) electrons. The zero-order valence-corrected chi connectivity index (χ0v) is 14.4. The standard InChI is InChI=1S/C15H17Cl2NO2S/c1-9(12-7-14(16)21-15(12)17)18-8-10-4-5-11(19-2)6-13(10)20-3/h4-7,9,18H,8H2,1-3H3. The summed E-state index contributed by atoms with van der Waals surface area (Å²) < 4.78 is 12.0. The van der Waals surface area contributed by atoms with Gasteiger partial charge in [-0.1, -0.05) is 29.3 Å². The fourth-order valence-corrected chi connectivity index (χ4v) is 3.66. The Hall–Kier alpha value is -0.940. The van der Waals surface area contributed by atoms with Gasteiger partial charge in [-0.3, -0.25) is 0 Å². The van der Waals surface area contributed by atoms with E-state index in [2.05, 4.69) is 12.2 Å². The van der Waals surface area contributed by atoms with Crippen molar-refractivity contribution in [1.82, 2.24) is 5.32 Å². The van der Waals surface area contributed by atoms with Crippen molar-refractivity contribution >= 4 is 34.5 Å². The lowest BCUT2D eigenvalue weighted by Crippen LogP contribution is -2.18. The van der Waals surface area contributed by atoms with Crippen LogP contribution in [-0.4, -0.2) is 14.2 Å². The fraction of sp³-hybridized carbons (Fsp3) is 0.333. The van der Waals surface area contributed by atoms with E-state index in [9.17, 15) is 0 Å². The third-order valence-electron chi connectivity index (χ3n) is 3.24. The van der Waals surface area contributed by atoms with Crippen LogP contribution in [0.3, 0.4) is 0 Å². The second-order valence-corrected chi connectivity index (χ2v) is 6.85. The van der Waals surface area contributed by atoms with Gasteiger partial charge in [0, 0.05) is 24.2 Å². The summed E-state index contributed by atoms with van der Waals surface area (Å²) in [6.07, 6.45) is 0. The highest BCUT2D eigenvalue weighted by Crippen LogP contribution is 2.35. The molecule has 21 heavy (non-hydrogen) atoms. The van der Waals surface area contributed by atoms with Crippen LogP contribution in [0.1, 0.15) is 24.1 Å². The molecule has 1 N–H and O–H groups in total. The van der Waals surface area contributed by atoms with Crippen LogP contribution in [-0.2, 0) is 6.54 Å². The van der Waals surface area contributed by atoms with E-state index in [4.69, 9.17) is 32.7 Å². The lowest BCUT2D eigenvalue weighted by molar-refractivity contribution is 0.389. The molecular weight excluding hydrogens is 329 g/mol. The van der Waals surface area contributed by atoms with Gasteiger partial charge in [0.2, 0.25) is 0 Å². The predicted molar refractivity (Wildman–Crippen MR) is 89.1 cm³/mol. The maximum absolute atomic E-state index is 6.17. The van der Waals surface area contributed by atoms with E-state index < -0.39 is 0 Å². The van der Waals surface area contributed by atoms with E-state index in [1.54, 1.807) is 14.2 Å². The quantitative estimate of drug-likeness (QED) is 0.805. The summed E-state index contributed by atoms with van der Waals surface area (Å²) in [5.74, 6) is 1.57. The van der Waals surface area contributed by atoms with Crippen molar-refractivity contribution in [3.8, 4) is 11.5 Å². The highest BCUT2D eigenvalue weighted by molar-refractivity contribution is 7.20. The van der Waals surface area contributed by atoms with E-state index in [1.165, 1.54) is 11.3 Å². The van der Waals surface area contributed by atoms with Crippen molar-refractivity contribution < 1.29 is 9.47 Å². The molecule has 0 saturated heterocycles. The van der Waals surface area contributed by atoms with Gasteiger partial charge >= 0.3 is 0 Å². The molecule has 0 aliphatic rings. The molecule has 3 nitrogen and oxygen atoms in total. The van der Waals surface area contributed by atoms with Crippen molar-refractivity contribution in [2.24, 2.45) is 0 Å². The first-order chi connectivity index (χ1) is 10.0. The first-order valence-electron chi connectivity index (χ1n) is 6.44. The van der Waals surface area contributed by atoms with Crippen LogP contribution in [0, 0.1) is 0 Å². The number of ether oxygens (including phenoxy) is 2. The number of hydrogen-bond acceptors (Lipinski definition) is 4. The lowest BCUT2D eigenvalue weighted by atomic mass is 10.1. The third-order valence-corrected chi connectivity index (χ3v) is 4.76. The SMILES string of the molecule is COc1ccc(CNC(C)c2cc(Cl)sc2Cl)c(OC)c1. The number of methoxy groups -OCH3 is 2. The summed E-state index contributed by atoms with van der Waals surface area (Å²) in [6, 6.07) is 7.78. The summed E-state index contributed by atoms with van der Waals surface area (Å²) >= 11 is 13.5. The average molecular weight is 346 g/mol. The Morgan fingerprint density at radius 2 is 1.95 bits per heavy atom. The smallest absolute Gasteiger partial charge is 0.127 e. The van der Waals surface area contributed by atoms with Crippen molar-refractivity contribution in [3.63, 3.8) is 0 Å². The molecule has 0 aliphatic carbocycles. The molecule has 0 bridgehead atoms. The molecule has 2 aromatic rings. The summed E-state index contributed by atoms with van der Waals surface area (Å²) in [6.45, 7) is 2.72. The summed E-state index contributed by atoms with van der Waals surface area (Å²) in [4.78, 5) is 0. The molecule has 6 heteroatoms. The molecule has 0 saturated carbocycles. The number of rotatable bonds is 6. The number of halogens is 2. The van der Waals surface area contributed by atoms with Crippen LogP contribution in [0.5, 0.6) is 11.5 Å². The topological polar surface area (TPSA) is 30.5 Å². The van der Waals surface area contributed by atoms with E-state index in [-0.39, 0.29) is 6.04 Å². The Morgan fingerprint density at radius 3 is 2.52 bits per heavy atom. The van der Waals surface area contributed by atoms with Crippen LogP contribution in [0.2, 0.25) is 8.67 Å². The fourth-order valence-electron chi connectivity index (χ4n) is 2.02. The Labute approximate surface area is 138 Å². The van der Waals surface area contributed by atoms with E-state index in [0.29, 0.717) is 10.9 Å². The zero-order valence-electron chi connectivity index (χ0n) is 12.1. The Kier molecular flexibility index (Phi) is 5.76. The molecule has 1 unspecified atom stereocenters. The van der Waals surface area contributed by atoms with Crippen molar-refractivity contribution in [3.05, 3.63) is 44.1 Å². The number of nitrogens with one attached hydrogen (secondary N) is 1. The first-order valence-corrected chi connectivity index (χ1v) is 8.01. The van der Waals surface area contributed by atoms with E-state index >= 15 is 0 Å². The first kappa shape index (κ1) is 16.4. The minimum Gasteiger partial charge on any atom is -0.497 e. The third kappa shape index (κ3) is 4.04. The monoisotopic (exact) mass is 345 g/mol. The van der Waals surface area contributed by atoms with E-state index in [1.807, 2.05) is 24.3 Å². The van der Waals surface area contributed by atoms with Crippen molar-refractivity contribution in [1.29, 1.82) is 0 Å². The number of benzene rings is 1. The van der Waals surface area contributed by atoms with Crippen molar-refractivity contribution in [2.45, 2.75) is 19.5 Å². The molecular formula is C15H17Cl2NO2S. The van der Waals surface area contributed by atoms with Crippen LogP contribution in [0.15, 0.2) is 24.3 Å². The molecule has 1 aromatic carbocycles. The molecule has 0 spiro atoms. The summed E-state index contributed by atoms with van der Waals surface area (Å²) in [7, 11) is 3.29. The second-order valence-electron chi connectivity index (χ2n) is 4.56. The molecule has 114 valence electrons. The molecule has 0 amide bonds. The minimum atomic E-state index is 0.105. The van der Waals surface area contributed by atoms with Crippen LogP contribution in [0.4, 0.5) is 0 Å². The molecule has 0 fully saturated rings. The molecule has 1 aromatic heterocycles. The maximum atomic E-state index is 6.17. The molecule has 1 atom stereocenters. The molecule has 0 aliphatic heterocycles. The zero-order chi connectivity index (χ0) is 15.4. The van der Waals surface area contributed by atoms with Gasteiger partial charge < -0.3 is 14.8 Å². The van der Waals surface area contributed by atoms with Gasteiger partial charge in [-0.05, 0) is 24.6 Å². The van der Waals surface area contributed by atoms with Gasteiger partial charge in [0.1, 0.15) is 11.5 Å². The van der Waals surface area contributed by atoms with Crippen LogP contribution < -0.4 is 14.8 Å². The number of hydrogen-bond donors (Lipinski definition) is 1. The molecule has 1 heterocycles. The number of thiophene rings is 1. The van der Waals surface area contributed by atoms with Crippen LogP contribution >= 0.6 is 34.5 Å². The van der Waals surface area contributed by atoms with Gasteiger partial charge in [-0.15, -0.1) is 11.3 Å². The van der Waals surface area contributed by atoms with Gasteiger partial charge in [-0.25, -0.2) is 0 Å². The average Bonchev–Trinajstić information content (AvgIpc) is 2.83. The lowest BCUT2D eigenvalue weighted by Gasteiger charge is -2.15. The van der Waals surface area contributed by atoms with Gasteiger partial charge in [-0.2, -0.15) is 0 Å². The largest absolute Gasteiger partial charge is 0.497 e. The predicted octanol–water partition coefficient (Wildman–Crippen LogP) is 4.92. The Morgan fingerprint density at radius 1 is 1.19 bits per heavy atom. The Balaban J connectivity index is 2.07. The van der Waals surface area contributed by atoms with Crippen LogP contribution in [0.25, 0.3) is 0 Å². The second kappa shape index (κ2) is 7.36. The highest BCUT2D eigenvalue weighted by Gasteiger charge is 2.14. The normalized spacial score (nSPS) is 12.2.